The Balaban J connectivity index is 1.35. The molecule has 2 heterocycles. The molecule has 8 heteroatoms. The first-order valence-corrected chi connectivity index (χ1v) is 10.1. The molecular weight excluding hydrogens is 358 g/mol. The number of hydrogen-bond acceptors (Lipinski definition) is 4. The lowest BCUT2D eigenvalue weighted by Gasteiger charge is -2.42. The number of anilines is 2. The number of hydrogen-bond donors (Lipinski definition) is 3. The Hall–Kier alpha value is -2.61. The molecule has 150 valence electrons. The summed E-state index contributed by atoms with van der Waals surface area (Å²) in [6, 6.07) is 6.71. The van der Waals surface area contributed by atoms with Gasteiger partial charge in [-0.3, -0.25) is 14.5 Å². The van der Waals surface area contributed by atoms with Crippen molar-refractivity contribution in [3.05, 3.63) is 24.3 Å². The maximum Gasteiger partial charge on any atom is 0.321 e. The summed E-state index contributed by atoms with van der Waals surface area (Å²) in [7, 11) is 0. The topological polar surface area (TPSA) is 93.8 Å². The van der Waals surface area contributed by atoms with Crippen LogP contribution in [0.2, 0.25) is 0 Å². The molecule has 3 aliphatic rings. The van der Waals surface area contributed by atoms with Crippen LogP contribution in [-0.4, -0.2) is 66.4 Å². The van der Waals surface area contributed by atoms with Gasteiger partial charge in [0, 0.05) is 50.0 Å². The summed E-state index contributed by atoms with van der Waals surface area (Å²) in [5.41, 5.74) is 1.32. The fourth-order valence-electron chi connectivity index (χ4n) is 4.27. The molecule has 2 saturated heterocycles. The highest BCUT2D eigenvalue weighted by Crippen LogP contribution is 2.26. The van der Waals surface area contributed by atoms with Gasteiger partial charge >= 0.3 is 6.03 Å². The summed E-state index contributed by atoms with van der Waals surface area (Å²) in [4.78, 5) is 40.8. The molecule has 0 bridgehead atoms. The third-order valence-corrected chi connectivity index (χ3v) is 5.89. The predicted octanol–water partition coefficient (Wildman–Crippen LogP) is 1.46. The molecule has 1 atom stereocenters. The molecule has 4 amide bonds. The zero-order valence-electron chi connectivity index (χ0n) is 15.9. The monoisotopic (exact) mass is 385 g/mol. The molecule has 1 saturated carbocycles. The first-order valence-electron chi connectivity index (χ1n) is 10.1. The van der Waals surface area contributed by atoms with E-state index in [1.165, 1.54) is 0 Å². The van der Waals surface area contributed by atoms with Crippen LogP contribution >= 0.6 is 0 Å². The van der Waals surface area contributed by atoms with Gasteiger partial charge in [0.2, 0.25) is 11.8 Å². The van der Waals surface area contributed by atoms with Crippen LogP contribution in [-0.2, 0) is 9.59 Å². The minimum atomic E-state index is -0.273. The Kier molecular flexibility index (Phi) is 5.47. The van der Waals surface area contributed by atoms with Crippen LogP contribution in [0.5, 0.6) is 0 Å². The average molecular weight is 385 g/mol. The Bertz CT molecular complexity index is 762. The number of urea groups is 1. The molecule has 3 fully saturated rings. The van der Waals surface area contributed by atoms with Gasteiger partial charge in [-0.05, 0) is 31.0 Å². The van der Waals surface area contributed by atoms with E-state index in [1.807, 2.05) is 12.1 Å². The first kappa shape index (κ1) is 18.7. The van der Waals surface area contributed by atoms with Gasteiger partial charge in [0.1, 0.15) is 6.04 Å². The van der Waals surface area contributed by atoms with Gasteiger partial charge in [-0.25, -0.2) is 4.79 Å². The Morgan fingerprint density at radius 3 is 2.57 bits per heavy atom. The lowest BCUT2D eigenvalue weighted by atomic mass is 10.1. The van der Waals surface area contributed by atoms with Crippen LogP contribution in [0.4, 0.5) is 16.2 Å². The highest BCUT2D eigenvalue weighted by Gasteiger charge is 2.36. The summed E-state index contributed by atoms with van der Waals surface area (Å²) >= 11 is 0. The van der Waals surface area contributed by atoms with Gasteiger partial charge in [0.15, 0.2) is 0 Å². The standard InChI is InChI=1S/C20H27N5O3/c26-18(14-4-1-2-5-14)22-15-6-3-7-16(12-15)23-20(28)25-11-10-24-9-8-21-19(27)17(24)13-25/h3,6-7,12,14,17H,1-2,4-5,8-11,13H2,(H,21,27)(H,22,26)(H,23,28). The quantitative estimate of drug-likeness (QED) is 0.734. The van der Waals surface area contributed by atoms with Crippen molar-refractivity contribution in [2.24, 2.45) is 5.92 Å². The molecule has 2 aliphatic heterocycles. The van der Waals surface area contributed by atoms with E-state index in [0.717, 1.165) is 32.2 Å². The largest absolute Gasteiger partial charge is 0.353 e. The van der Waals surface area contributed by atoms with E-state index in [9.17, 15) is 14.4 Å². The van der Waals surface area contributed by atoms with Gasteiger partial charge in [-0.1, -0.05) is 18.9 Å². The molecular formula is C20H27N5O3. The number of nitrogens with zero attached hydrogens (tertiary/aromatic N) is 2. The number of benzene rings is 1. The maximum absolute atomic E-state index is 12.7. The maximum atomic E-state index is 12.7. The van der Waals surface area contributed by atoms with E-state index in [2.05, 4.69) is 20.9 Å². The van der Waals surface area contributed by atoms with Crippen LogP contribution in [0.25, 0.3) is 0 Å². The molecule has 1 aromatic rings. The second kappa shape index (κ2) is 8.18. The van der Waals surface area contributed by atoms with E-state index >= 15 is 0 Å². The first-order chi connectivity index (χ1) is 13.6. The normalized spacial score (nSPS) is 23.1. The molecule has 0 aromatic heterocycles. The van der Waals surface area contributed by atoms with E-state index in [4.69, 9.17) is 0 Å². The molecule has 0 spiro atoms. The summed E-state index contributed by atoms with van der Waals surface area (Å²) in [5.74, 6) is 0.136. The highest BCUT2D eigenvalue weighted by atomic mass is 16.2. The van der Waals surface area contributed by atoms with Gasteiger partial charge in [-0.15, -0.1) is 0 Å². The number of carbonyl (C=O) groups is 3. The van der Waals surface area contributed by atoms with Crippen molar-refractivity contribution < 1.29 is 14.4 Å². The van der Waals surface area contributed by atoms with E-state index < -0.39 is 0 Å². The average Bonchev–Trinajstić information content (AvgIpc) is 3.23. The number of amides is 4. The van der Waals surface area contributed by atoms with Gasteiger partial charge in [0.25, 0.3) is 0 Å². The molecule has 4 rings (SSSR count). The Morgan fingerprint density at radius 1 is 1.04 bits per heavy atom. The lowest BCUT2D eigenvalue weighted by molar-refractivity contribution is -0.131. The second-order valence-corrected chi connectivity index (χ2v) is 7.77. The number of rotatable bonds is 3. The molecule has 1 unspecified atom stereocenters. The lowest BCUT2D eigenvalue weighted by Crippen LogP contribution is -2.64. The van der Waals surface area contributed by atoms with Crippen molar-refractivity contribution in [1.82, 2.24) is 15.1 Å². The molecule has 0 radical (unpaired) electrons. The van der Waals surface area contributed by atoms with Gasteiger partial charge in [-0.2, -0.15) is 0 Å². The Labute approximate surface area is 164 Å². The zero-order valence-corrected chi connectivity index (χ0v) is 15.9. The molecule has 1 aliphatic carbocycles. The van der Waals surface area contributed by atoms with Crippen LogP contribution < -0.4 is 16.0 Å². The third-order valence-electron chi connectivity index (χ3n) is 5.89. The fraction of sp³-hybridized carbons (Fsp3) is 0.550. The summed E-state index contributed by atoms with van der Waals surface area (Å²) in [6.45, 7) is 3.17. The fourth-order valence-corrected chi connectivity index (χ4v) is 4.27. The summed E-state index contributed by atoms with van der Waals surface area (Å²) < 4.78 is 0. The van der Waals surface area contributed by atoms with Crippen LogP contribution in [0.15, 0.2) is 24.3 Å². The van der Waals surface area contributed by atoms with Crippen molar-refractivity contribution in [1.29, 1.82) is 0 Å². The molecule has 1 aromatic carbocycles. The van der Waals surface area contributed by atoms with E-state index in [0.29, 0.717) is 37.6 Å². The van der Waals surface area contributed by atoms with Crippen LogP contribution in [0, 0.1) is 5.92 Å². The van der Waals surface area contributed by atoms with Crippen molar-refractivity contribution in [2.45, 2.75) is 31.7 Å². The smallest absolute Gasteiger partial charge is 0.321 e. The van der Waals surface area contributed by atoms with Crippen LogP contribution in [0.1, 0.15) is 25.7 Å². The zero-order chi connectivity index (χ0) is 19.5. The SMILES string of the molecule is O=C(Nc1cccc(NC(=O)N2CCN3CCNC(=O)C3C2)c1)C1CCCC1. The highest BCUT2D eigenvalue weighted by molar-refractivity contribution is 5.95. The summed E-state index contributed by atoms with van der Waals surface area (Å²) in [6.07, 6.45) is 4.12. The van der Waals surface area contributed by atoms with Gasteiger partial charge in [0.05, 0.1) is 0 Å². The second-order valence-electron chi connectivity index (χ2n) is 7.77. The van der Waals surface area contributed by atoms with Crippen molar-refractivity contribution >= 4 is 29.2 Å². The number of carbonyl (C=O) groups excluding carboxylic acids is 3. The number of piperazine rings is 2. The van der Waals surface area contributed by atoms with E-state index in [-0.39, 0.29) is 29.8 Å². The third kappa shape index (κ3) is 4.11. The van der Waals surface area contributed by atoms with Crippen molar-refractivity contribution in [3.63, 3.8) is 0 Å². The van der Waals surface area contributed by atoms with Crippen molar-refractivity contribution in [3.8, 4) is 0 Å². The number of fused-ring (bicyclic) bond motifs is 1. The molecule has 28 heavy (non-hydrogen) atoms. The molecule has 3 N–H and O–H groups in total. The summed E-state index contributed by atoms with van der Waals surface area (Å²) in [5, 5.41) is 8.71. The Morgan fingerprint density at radius 2 is 1.79 bits per heavy atom. The predicted molar refractivity (Wildman–Crippen MR) is 106 cm³/mol. The van der Waals surface area contributed by atoms with E-state index in [1.54, 1.807) is 17.0 Å². The van der Waals surface area contributed by atoms with Crippen LogP contribution in [0.3, 0.4) is 0 Å². The molecule has 8 nitrogen and oxygen atoms in total. The number of nitrogens with one attached hydrogen (secondary N) is 3. The van der Waals surface area contributed by atoms with Gasteiger partial charge < -0.3 is 20.9 Å². The minimum Gasteiger partial charge on any atom is -0.353 e. The van der Waals surface area contributed by atoms with Crippen molar-refractivity contribution in [2.75, 3.05) is 43.4 Å². The minimum absolute atomic E-state index is 0.0135.